The Hall–Kier alpha value is -2.44. The summed E-state index contributed by atoms with van der Waals surface area (Å²) in [6, 6.07) is 4.90. The summed E-state index contributed by atoms with van der Waals surface area (Å²) in [5.41, 5.74) is -0.248. The summed E-state index contributed by atoms with van der Waals surface area (Å²) in [6.45, 7) is 10.2. The van der Waals surface area contributed by atoms with Gasteiger partial charge in [-0.15, -0.1) is 0 Å². The van der Waals surface area contributed by atoms with Crippen molar-refractivity contribution in [3.8, 4) is 11.5 Å². The number of benzene rings is 1. The van der Waals surface area contributed by atoms with E-state index in [1.54, 1.807) is 39.0 Å². The van der Waals surface area contributed by atoms with Crippen LogP contribution in [0.1, 0.15) is 45.0 Å². The minimum Gasteiger partial charge on any atom is -0.494 e. The average Bonchev–Trinajstić information content (AvgIpc) is 2.50. The fourth-order valence-corrected chi connectivity index (χ4v) is 1.88. The first-order valence-electron chi connectivity index (χ1n) is 8.29. The summed E-state index contributed by atoms with van der Waals surface area (Å²) >= 11 is 0. The fourth-order valence-electron chi connectivity index (χ4n) is 1.88. The molecule has 1 aromatic rings. The molecule has 1 N–H and O–H groups in total. The van der Waals surface area contributed by atoms with Gasteiger partial charge in [0.05, 0.1) is 25.3 Å². The normalized spacial score (nSPS) is 10.8. The lowest BCUT2D eigenvalue weighted by Crippen LogP contribution is -2.34. The van der Waals surface area contributed by atoms with Crippen LogP contribution >= 0.6 is 0 Å². The summed E-state index contributed by atoms with van der Waals surface area (Å²) < 4.78 is 21.1. The van der Waals surface area contributed by atoms with Crippen LogP contribution in [0.5, 0.6) is 11.5 Å². The first-order valence-corrected chi connectivity index (χ1v) is 8.29. The summed E-state index contributed by atoms with van der Waals surface area (Å²) in [5, 5.41) is 2.52. The number of hydrogen-bond donors (Lipinski definition) is 1. The van der Waals surface area contributed by atoms with Gasteiger partial charge < -0.3 is 24.3 Å². The van der Waals surface area contributed by atoms with Crippen LogP contribution in [-0.2, 0) is 9.47 Å². The van der Waals surface area contributed by atoms with Crippen LogP contribution in [0.4, 0.5) is 4.79 Å². The molecule has 0 bridgehead atoms. The van der Waals surface area contributed by atoms with Crippen LogP contribution in [0.25, 0.3) is 0 Å². The van der Waals surface area contributed by atoms with Crippen molar-refractivity contribution in [3.05, 3.63) is 23.8 Å². The summed E-state index contributed by atoms with van der Waals surface area (Å²) in [5.74, 6) is 0.549. The Labute approximate surface area is 148 Å². The van der Waals surface area contributed by atoms with Crippen molar-refractivity contribution >= 4 is 12.1 Å². The third kappa shape index (κ3) is 8.28. The van der Waals surface area contributed by atoms with E-state index in [4.69, 9.17) is 18.9 Å². The molecule has 0 aliphatic heterocycles. The zero-order chi connectivity index (χ0) is 18.9. The Bertz CT molecular complexity index is 555. The van der Waals surface area contributed by atoms with E-state index in [1.807, 2.05) is 13.8 Å². The Morgan fingerprint density at radius 2 is 1.56 bits per heavy atom. The van der Waals surface area contributed by atoms with Gasteiger partial charge in [-0.05, 0) is 46.8 Å². The van der Waals surface area contributed by atoms with Crippen molar-refractivity contribution in [3.63, 3.8) is 0 Å². The molecule has 1 rings (SSSR count). The second-order valence-electron chi connectivity index (χ2n) is 6.12. The van der Waals surface area contributed by atoms with Crippen molar-refractivity contribution in [1.29, 1.82) is 0 Å². The lowest BCUT2D eigenvalue weighted by atomic mass is 10.2. The molecule has 0 atom stereocenters. The highest BCUT2D eigenvalue weighted by molar-refractivity contribution is 5.90. The molecule has 0 spiro atoms. The van der Waals surface area contributed by atoms with Crippen LogP contribution in [-0.4, -0.2) is 44.0 Å². The molecule has 0 fully saturated rings. The first-order chi connectivity index (χ1) is 11.7. The summed E-state index contributed by atoms with van der Waals surface area (Å²) in [7, 11) is 0. The molecule has 1 amide bonds. The molecule has 7 nitrogen and oxygen atoms in total. The average molecular weight is 353 g/mol. The molecule has 0 aliphatic rings. The van der Waals surface area contributed by atoms with Gasteiger partial charge in [0.15, 0.2) is 0 Å². The molecule has 25 heavy (non-hydrogen) atoms. The molecular formula is C18H27NO6. The number of amides is 1. The van der Waals surface area contributed by atoms with E-state index in [0.29, 0.717) is 30.3 Å². The second-order valence-corrected chi connectivity index (χ2v) is 6.12. The third-order valence-electron chi connectivity index (χ3n) is 2.74. The zero-order valence-corrected chi connectivity index (χ0v) is 15.5. The van der Waals surface area contributed by atoms with Crippen LogP contribution < -0.4 is 14.8 Å². The van der Waals surface area contributed by atoms with Gasteiger partial charge in [0.1, 0.15) is 23.7 Å². The van der Waals surface area contributed by atoms with Crippen LogP contribution in [0, 0.1) is 0 Å². The number of alkyl carbamates (subject to hydrolysis) is 1. The van der Waals surface area contributed by atoms with Crippen molar-refractivity contribution in [2.45, 2.75) is 40.2 Å². The molecule has 0 radical (unpaired) electrons. The predicted octanol–water partition coefficient (Wildman–Crippen LogP) is 3.17. The monoisotopic (exact) mass is 353 g/mol. The van der Waals surface area contributed by atoms with Gasteiger partial charge >= 0.3 is 12.1 Å². The van der Waals surface area contributed by atoms with Gasteiger partial charge in [-0.3, -0.25) is 0 Å². The molecule has 0 saturated carbocycles. The number of carbonyl (C=O) groups excluding carboxylic acids is 2. The minimum absolute atomic E-state index is 0.0287. The lowest BCUT2D eigenvalue weighted by molar-refractivity contribution is 0.0433. The highest BCUT2D eigenvalue weighted by Gasteiger charge is 2.16. The standard InChI is InChI=1S/C18H27NO6/c1-6-22-14-10-13(11-15(12-14)23-7-2)16(20)24-9-8-19-17(21)25-18(3,4)5/h10-12H,6-9H2,1-5H3,(H,19,21). The van der Waals surface area contributed by atoms with Gasteiger partial charge in [0.25, 0.3) is 0 Å². The maximum absolute atomic E-state index is 12.2. The number of carbonyl (C=O) groups is 2. The SMILES string of the molecule is CCOc1cc(OCC)cc(C(=O)OCCNC(=O)OC(C)(C)C)c1. The third-order valence-corrected chi connectivity index (χ3v) is 2.74. The molecule has 0 unspecified atom stereocenters. The van der Waals surface area contributed by atoms with E-state index in [0.717, 1.165) is 0 Å². The predicted molar refractivity (Wildman–Crippen MR) is 93.3 cm³/mol. The number of rotatable bonds is 8. The second kappa shape index (κ2) is 9.76. The van der Waals surface area contributed by atoms with Gasteiger partial charge in [-0.25, -0.2) is 9.59 Å². The highest BCUT2D eigenvalue weighted by atomic mass is 16.6. The van der Waals surface area contributed by atoms with Gasteiger partial charge in [-0.2, -0.15) is 0 Å². The Balaban J connectivity index is 2.55. The molecule has 7 heteroatoms. The van der Waals surface area contributed by atoms with Crippen LogP contribution in [0.2, 0.25) is 0 Å². The number of ether oxygens (including phenoxy) is 4. The molecule has 0 aliphatic carbocycles. The molecule has 140 valence electrons. The van der Waals surface area contributed by atoms with Crippen LogP contribution in [0.15, 0.2) is 18.2 Å². The Morgan fingerprint density at radius 3 is 2.04 bits per heavy atom. The Morgan fingerprint density at radius 1 is 1.00 bits per heavy atom. The maximum atomic E-state index is 12.2. The molecule has 0 aromatic heterocycles. The van der Waals surface area contributed by atoms with E-state index in [1.165, 1.54) is 0 Å². The number of esters is 1. The topological polar surface area (TPSA) is 83.1 Å². The Kier molecular flexibility index (Phi) is 8.04. The van der Waals surface area contributed by atoms with Gasteiger partial charge in [0.2, 0.25) is 0 Å². The molecule has 1 aromatic carbocycles. The summed E-state index contributed by atoms with van der Waals surface area (Å²) in [6.07, 6.45) is -0.555. The molecule has 0 saturated heterocycles. The van der Waals surface area contributed by atoms with Gasteiger partial charge in [0, 0.05) is 6.07 Å². The highest BCUT2D eigenvalue weighted by Crippen LogP contribution is 2.23. The largest absolute Gasteiger partial charge is 0.494 e. The van der Waals surface area contributed by atoms with E-state index in [-0.39, 0.29) is 13.2 Å². The zero-order valence-electron chi connectivity index (χ0n) is 15.5. The van der Waals surface area contributed by atoms with Crippen molar-refractivity contribution in [2.24, 2.45) is 0 Å². The smallest absolute Gasteiger partial charge is 0.407 e. The summed E-state index contributed by atoms with van der Waals surface area (Å²) in [4.78, 5) is 23.7. The maximum Gasteiger partial charge on any atom is 0.407 e. The molecular weight excluding hydrogens is 326 g/mol. The van der Waals surface area contributed by atoms with E-state index in [2.05, 4.69) is 5.32 Å². The fraction of sp³-hybridized carbons (Fsp3) is 0.556. The van der Waals surface area contributed by atoms with Crippen molar-refractivity contribution in [1.82, 2.24) is 5.32 Å². The van der Waals surface area contributed by atoms with Gasteiger partial charge in [-0.1, -0.05) is 0 Å². The number of hydrogen-bond acceptors (Lipinski definition) is 6. The quantitative estimate of drug-likeness (QED) is 0.571. The van der Waals surface area contributed by atoms with E-state index in [9.17, 15) is 9.59 Å². The minimum atomic E-state index is -0.573. The van der Waals surface area contributed by atoms with E-state index >= 15 is 0 Å². The molecule has 0 heterocycles. The lowest BCUT2D eigenvalue weighted by Gasteiger charge is -2.19. The van der Waals surface area contributed by atoms with Crippen molar-refractivity contribution in [2.75, 3.05) is 26.4 Å². The van der Waals surface area contributed by atoms with E-state index < -0.39 is 17.7 Å². The van der Waals surface area contributed by atoms with Crippen LogP contribution in [0.3, 0.4) is 0 Å². The first kappa shape index (κ1) is 20.6. The van der Waals surface area contributed by atoms with Crippen molar-refractivity contribution < 1.29 is 28.5 Å². The number of nitrogens with one attached hydrogen (secondary N) is 1.